The zero-order valence-corrected chi connectivity index (χ0v) is 10.8. The molecule has 0 heterocycles. The smallest absolute Gasteiger partial charge is 0.335 e. The van der Waals surface area contributed by atoms with Crippen LogP contribution in [0.1, 0.15) is 35.7 Å². The Bertz CT molecular complexity index is 513. The van der Waals surface area contributed by atoms with Crippen molar-refractivity contribution in [2.75, 3.05) is 0 Å². The third kappa shape index (κ3) is 3.95. The van der Waals surface area contributed by atoms with Crippen LogP contribution >= 0.6 is 0 Å². The molecule has 0 radical (unpaired) electrons. The summed E-state index contributed by atoms with van der Waals surface area (Å²) in [6.45, 7) is 2.39. The third-order valence-corrected chi connectivity index (χ3v) is 3.25. The van der Waals surface area contributed by atoms with Crippen molar-refractivity contribution in [3.05, 3.63) is 47.0 Å². The molecule has 1 aromatic rings. The maximum Gasteiger partial charge on any atom is 0.335 e. The second-order valence-electron chi connectivity index (χ2n) is 4.88. The predicted molar refractivity (Wildman–Crippen MR) is 71.7 cm³/mol. The van der Waals surface area contributed by atoms with E-state index >= 15 is 0 Å². The van der Waals surface area contributed by atoms with Crippen LogP contribution in [0, 0.1) is 5.92 Å². The van der Waals surface area contributed by atoms with Gasteiger partial charge in [-0.15, -0.1) is 0 Å². The van der Waals surface area contributed by atoms with Crippen molar-refractivity contribution in [2.45, 2.75) is 26.3 Å². The first-order valence-electron chi connectivity index (χ1n) is 6.34. The minimum Gasteiger partial charge on any atom is -0.478 e. The van der Waals surface area contributed by atoms with Gasteiger partial charge < -0.3 is 10.4 Å². The molecule has 2 N–H and O–H groups in total. The summed E-state index contributed by atoms with van der Waals surface area (Å²) in [5.74, 6) is -0.439. The number of rotatable bonds is 5. The van der Waals surface area contributed by atoms with Crippen LogP contribution in [0.4, 0.5) is 0 Å². The summed E-state index contributed by atoms with van der Waals surface area (Å²) >= 11 is 0. The van der Waals surface area contributed by atoms with Crippen molar-refractivity contribution in [2.24, 2.45) is 5.92 Å². The molecule has 1 saturated carbocycles. The van der Waals surface area contributed by atoms with Crippen molar-refractivity contribution in [1.82, 2.24) is 5.32 Å². The number of aromatic carboxylic acids is 1. The summed E-state index contributed by atoms with van der Waals surface area (Å²) in [6, 6.07) is 6.49. The van der Waals surface area contributed by atoms with E-state index < -0.39 is 5.97 Å². The molecule has 0 atom stereocenters. The highest BCUT2D eigenvalue weighted by atomic mass is 16.4. The molecule has 4 nitrogen and oxygen atoms in total. The van der Waals surface area contributed by atoms with Crippen LogP contribution < -0.4 is 5.32 Å². The molecule has 0 spiro atoms. The average molecular weight is 259 g/mol. The predicted octanol–water partition coefficient (Wildman–Crippen LogP) is 2.36. The summed E-state index contributed by atoms with van der Waals surface area (Å²) in [7, 11) is 0. The fourth-order valence-electron chi connectivity index (χ4n) is 1.87. The Morgan fingerprint density at radius 1 is 1.32 bits per heavy atom. The third-order valence-electron chi connectivity index (χ3n) is 3.25. The lowest BCUT2D eigenvalue weighted by Gasteiger charge is -2.04. The molecule has 0 bridgehead atoms. The number of carbonyl (C=O) groups is 2. The number of carboxylic acids is 1. The summed E-state index contributed by atoms with van der Waals surface area (Å²) < 4.78 is 0. The molecular formula is C15H17NO3. The molecule has 19 heavy (non-hydrogen) atoms. The molecule has 0 unspecified atom stereocenters. The molecule has 2 rings (SSSR count). The number of amides is 1. The van der Waals surface area contributed by atoms with Crippen molar-refractivity contribution < 1.29 is 14.7 Å². The molecule has 4 heteroatoms. The minimum absolute atomic E-state index is 0.0910. The quantitative estimate of drug-likeness (QED) is 0.798. The van der Waals surface area contributed by atoms with Crippen LogP contribution in [0.3, 0.4) is 0 Å². The van der Waals surface area contributed by atoms with E-state index in [1.54, 1.807) is 18.2 Å². The van der Waals surface area contributed by atoms with E-state index in [0.29, 0.717) is 12.5 Å². The monoisotopic (exact) mass is 259 g/mol. The van der Waals surface area contributed by atoms with Crippen LogP contribution in [0.5, 0.6) is 0 Å². The number of hydrogen-bond donors (Lipinski definition) is 2. The molecular weight excluding hydrogens is 242 g/mol. The molecule has 100 valence electrons. The topological polar surface area (TPSA) is 66.4 Å². The van der Waals surface area contributed by atoms with Gasteiger partial charge in [0, 0.05) is 12.6 Å². The van der Waals surface area contributed by atoms with Crippen LogP contribution in [0.25, 0.3) is 0 Å². The van der Waals surface area contributed by atoms with Gasteiger partial charge in [-0.1, -0.05) is 17.7 Å². The number of carbonyl (C=O) groups excluding carboxylic acids is 1. The van der Waals surface area contributed by atoms with Gasteiger partial charge in [0.1, 0.15) is 0 Å². The lowest BCUT2D eigenvalue weighted by atomic mass is 10.1. The first-order chi connectivity index (χ1) is 9.06. The standard InChI is InChI=1S/C15H17NO3/c1-10(12-6-7-12)8-14(17)16-9-11-2-4-13(5-3-11)15(18)19/h2-5,8,12H,6-7,9H2,1H3,(H,16,17)(H,18,19)/b10-8-. The van der Waals surface area contributed by atoms with Gasteiger partial charge in [-0.25, -0.2) is 4.79 Å². The molecule has 1 aliphatic carbocycles. The van der Waals surface area contributed by atoms with Crippen molar-refractivity contribution in [1.29, 1.82) is 0 Å². The first-order valence-corrected chi connectivity index (χ1v) is 6.34. The second kappa shape index (κ2) is 5.69. The largest absolute Gasteiger partial charge is 0.478 e. The van der Waals surface area contributed by atoms with Gasteiger partial charge in [0.15, 0.2) is 0 Å². The van der Waals surface area contributed by atoms with Gasteiger partial charge in [0.2, 0.25) is 5.91 Å². The van der Waals surface area contributed by atoms with Crippen molar-refractivity contribution in [3.63, 3.8) is 0 Å². The maximum atomic E-state index is 11.7. The van der Waals surface area contributed by atoms with Gasteiger partial charge >= 0.3 is 5.97 Å². The molecule has 0 saturated heterocycles. The summed E-state index contributed by atoms with van der Waals surface area (Å²) in [5, 5.41) is 11.6. The number of carboxylic acid groups (broad SMARTS) is 1. The first kappa shape index (κ1) is 13.3. The Balaban J connectivity index is 1.86. The highest BCUT2D eigenvalue weighted by molar-refractivity contribution is 5.88. The Kier molecular flexibility index (Phi) is 4.00. The molecule has 1 fully saturated rings. The van der Waals surface area contributed by atoms with Crippen LogP contribution in [0.2, 0.25) is 0 Å². The lowest BCUT2D eigenvalue weighted by Crippen LogP contribution is -2.20. The molecule has 1 aliphatic rings. The number of nitrogens with one attached hydrogen (secondary N) is 1. The zero-order valence-electron chi connectivity index (χ0n) is 10.8. The van der Waals surface area contributed by atoms with Gasteiger partial charge in [-0.05, 0) is 43.4 Å². The summed E-state index contributed by atoms with van der Waals surface area (Å²) in [6.07, 6.45) is 4.03. The Morgan fingerprint density at radius 2 is 1.95 bits per heavy atom. The van der Waals surface area contributed by atoms with E-state index in [-0.39, 0.29) is 11.5 Å². The van der Waals surface area contributed by atoms with Gasteiger partial charge in [-0.3, -0.25) is 4.79 Å². The van der Waals surface area contributed by atoms with Crippen molar-refractivity contribution in [3.8, 4) is 0 Å². The van der Waals surface area contributed by atoms with Crippen molar-refractivity contribution >= 4 is 11.9 Å². The van der Waals surface area contributed by atoms with Crippen LogP contribution in [-0.4, -0.2) is 17.0 Å². The van der Waals surface area contributed by atoms with E-state index in [1.807, 2.05) is 6.92 Å². The molecule has 1 aromatic carbocycles. The van der Waals surface area contributed by atoms with Crippen LogP contribution in [0.15, 0.2) is 35.9 Å². The fourth-order valence-corrected chi connectivity index (χ4v) is 1.87. The second-order valence-corrected chi connectivity index (χ2v) is 4.88. The molecule has 0 aliphatic heterocycles. The summed E-state index contributed by atoms with van der Waals surface area (Å²) in [5.41, 5.74) is 2.27. The number of allylic oxidation sites excluding steroid dienone is 1. The lowest BCUT2D eigenvalue weighted by molar-refractivity contribution is -0.116. The SMILES string of the molecule is C/C(=C/C(=O)NCc1ccc(C(=O)O)cc1)C1CC1. The van der Waals surface area contributed by atoms with Gasteiger partial charge in [0.25, 0.3) is 0 Å². The van der Waals surface area contributed by atoms with E-state index in [0.717, 1.165) is 11.1 Å². The number of hydrogen-bond acceptors (Lipinski definition) is 2. The molecule has 1 amide bonds. The van der Waals surface area contributed by atoms with E-state index in [4.69, 9.17) is 5.11 Å². The Hall–Kier alpha value is -2.10. The number of benzene rings is 1. The van der Waals surface area contributed by atoms with Gasteiger partial charge in [0.05, 0.1) is 5.56 Å². The fraction of sp³-hybridized carbons (Fsp3) is 0.333. The Labute approximate surface area is 112 Å². The minimum atomic E-state index is -0.946. The summed E-state index contributed by atoms with van der Waals surface area (Å²) in [4.78, 5) is 22.3. The van der Waals surface area contributed by atoms with Crippen LogP contribution in [-0.2, 0) is 11.3 Å². The maximum absolute atomic E-state index is 11.7. The normalized spacial score (nSPS) is 15.1. The average Bonchev–Trinajstić information content (AvgIpc) is 3.21. The van der Waals surface area contributed by atoms with E-state index in [9.17, 15) is 9.59 Å². The molecule has 0 aromatic heterocycles. The van der Waals surface area contributed by atoms with Gasteiger partial charge in [-0.2, -0.15) is 0 Å². The zero-order chi connectivity index (χ0) is 13.8. The highest BCUT2D eigenvalue weighted by Gasteiger charge is 2.23. The Morgan fingerprint density at radius 3 is 2.47 bits per heavy atom. The highest BCUT2D eigenvalue weighted by Crippen LogP contribution is 2.35. The van der Waals surface area contributed by atoms with E-state index in [2.05, 4.69) is 5.32 Å². The van der Waals surface area contributed by atoms with E-state index in [1.165, 1.54) is 25.0 Å².